The highest BCUT2D eigenvalue weighted by molar-refractivity contribution is 6.05. The molecule has 0 aliphatic heterocycles. The zero-order chi connectivity index (χ0) is 24.5. The predicted molar refractivity (Wildman–Crippen MR) is 118 cm³/mol. The van der Waals surface area contributed by atoms with Gasteiger partial charge in [-0.1, -0.05) is 12.2 Å². The summed E-state index contributed by atoms with van der Waals surface area (Å²) in [4.78, 5) is 17.2. The van der Waals surface area contributed by atoms with Gasteiger partial charge in [-0.2, -0.15) is 23.5 Å². The molecule has 2 aromatic rings. The number of nitriles is 1. The second-order valence-electron chi connectivity index (χ2n) is 8.74. The second-order valence-corrected chi connectivity index (χ2v) is 8.74. The highest BCUT2D eigenvalue weighted by Gasteiger charge is 2.39. The van der Waals surface area contributed by atoms with E-state index in [-0.39, 0.29) is 12.0 Å². The van der Waals surface area contributed by atoms with E-state index in [0.29, 0.717) is 48.5 Å². The van der Waals surface area contributed by atoms with Crippen molar-refractivity contribution in [2.45, 2.75) is 56.7 Å². The number of carbonyl (C=O) groups excluding carboxylic acids is 1. The number of halogens is 3. The van der Waals surface area contributed by atoms with Crippen molar-refractivity contribution in [2.75, 3.05) is 5.32 Å². The van der Waals surface area contributed by atoms with Gasteiger partial charge >= 0.3 is 6.18 Å². The van der Waals surface area contributed by atoms with Crippen molar-refractivity contribution in [3.63, 3.8) is 0 Å². The lowest BCUT2D eigenvalue weighted by atomic mass is 9.72. The Hall–Kier alpha value is -3.45. The van der Waals surface area contributed by atoms with Gasteiger partial charge in [0.15, 0.2) is 0 Å². The molecule has 0 radical (unpaired) electrons. The van der Waals surface area contributed by atoms with E-state index in [0.717, 1.165) is 6.08 Å². The summed E-state index contributed by atoms with van der Waals surface area (Å²) in [6.45, 7) is 1.67. The zero-order valence-electron chi connectivity index (χ0n) is 18.5. The first kappa shape index (κ1) is 23.7. The summed E-state index contributed by atoms with van der Waals surface area (Å²) in [5, 5.41) is 26.4. The number of amides is 1. The normalized spacial score (nSPS) is 24.9. The van der Waals surface area contributed by atoms with Crippen LogP contribution in [0.2, 0.25) is 0 Å². The molecule has 2 aliphatic carbocycles. The fourth-order valence-electron chi connectivity index (χ4n) is 4.37. The van der Waals surface area contributed by atoms with E-state index < -0.39 is 29.5 Å². The molecule has 1 atom stereocenters. The van der Waals surface area contributed by atoms with E-state index in [1.165, 1.54) is 29.2 Å². The van der Waals surface area contributed by atoms with Gasteiger partial charge in [-0.25, -0.2) is 4.68 Å². The van der Waals surface area contributed by atoms with Crippen LogP contribution in [0, 0.1) is 24.2 Å². The Morgan fingerprint density at radius 1 is 1.29 bits per heavy atom. The van der Waals surface area contributed by atoms with Crippen LogP contribution in [0.3, 0.4) is 0 Å². The number of nitrogens with one attached hydrogen (secondary N) is 1. The van der Waals surface area contributed by atoms with Crippen molar-refractivity contribution in [3.8, 4) is 6.07 Å². The topological polar surface area (TPSA) is 104 Å². The van der Waals surface area contributed by atoms with E-state index in [4.69, 9.17) is 0 Å². The van der Waals surface area contributed by atoms with Crippen LogP contribution in [-0.2, 0) is 5.41 Å². The molecule has 1 saturated carbocycles. The molecular formula is C24H24F3N5O2. The van der Waals surface area contributed by atoms with Crippen molar-refractivity contribution < 1.29 is 23.1 Å². The Bertz CT molecular complexity index is 1170. The largest absolute Gasteiger partial charge is 0.395 e. The molecular weight excluding hydrogens is 447 g/mol. The third kappa shape index (κ3) is 4.61. The van der Waals surface area contributed by atoms with Gasteiger partial charge < -0.3 is 10.4 Å². The molecule has 0 aromatic carbocycles. The molecule has 4 rings (SSSR count). The quantitative estimate of drug-likeness (QED) is 0.683. The number of nitrogens with zero attached hydrogens (tertiary/aromatic N) is 4. The summed E-state index contributed by atoms with van der Waals surface area (Å²) in [5.41, 5.74) is 1.55. The lowest BCUT2D eigenvalue weighted by molar-refractivity contribution is -0.160. The average molecular weight is 471 g/mol. The smallest absolute Gasteiger partial charge is 0.393 e. The van der Waals surface area contributed by atoms with Crippen molar-refractivity contribution in [2.24, 2.45) is 5.92 Å². The highest BCUT2D eigenvalue weighted by Crippen LogP contribution is 2.38. The van der Waals surface area contributed by atoms with Gasteiger partial charge in [0.05, 0.1) is 64.2 Å². The van der Waals surface area contributed by atoms with Gasteiger partial charge in [0.2, 0.25) is 0 Å². The maximum Gasteiger partial charge on any atom is 0.395 e. The molecule has 0 bridgehead atoms. The number of aromatic nitrogens is 3. The minimum Gasteiger partial charge on any atom is -0.393 e. The predicted octanol–water partition coefficient (Wildman–Crippen LogP) is 4.51. The Labute approximate surface area is 194 Å². The van der Waals surface area contributed by atoms with Crippen LogP contribution in [0.5, 0.6) is 0 Å². The maximum absolute atomic E-state index is 12.9. The van der Waals surface area contributed by atoms with E-state index in [1.807, 2.05) is 0 Å². The SMILES string of the molecule is Cc1c(C(=O)Nc2ccc(C3(C#N)CCC(O)CC3)nc2)cnn1C1=CCC(C(F)(F)F)C=C1. The number of anilines is 1. The summed E-state index contributed by atoms with van der Waals surface area (Å²) in [5.74, 6) is -1.95. The van der Waals surface area contributed by atoms with Crippen molar-refractivity contribution in [3.05, 3.63) is 59.7 Å². The monoisotopic (exact) mass is 471 g/mol. The molecule has 1 amide bonds. The number of rotatable bonds is 4. The number of carbonyl (C=O) groups is 1. The van der Waals surface area contributed by atoms with Gasteiger partial charge in [0, 0.05) is 0 Å². The van der Waals surface area contributed by atoms with Gasteiger partial charge in [0.1, 0.15) is 0 Å². The lowest BCUT2D eigenvalue weighted by Gasteiger charge is -2.32. The summed E-state index contributed by atoms with van der Waals surface area (Å²) >= 11 is 0. The molecule has 34 heavy (non-hydrogen) atoms. The van der Waals surface area contributed by atoms with E-state index in [9.17, 15) is 28.3 Å². The molecule has 178 valence electrons. The number of aliphatic hydroxyl groups excluding tert-OH is 1. The number of pyridine rings is 1. The van der Waals surface area contributed by atoms with E-state index >= 15 is 0 Å². The van der Waals surface area contributed by atoms with Gasteiger partial charge in [-0.3, -0.25) is 9.78 Å². The van der Waals surface area contributed by atoms with E-state index in [2.05, 4.69) is 21.5 Å². The third-order valence-electron chi connectivity index (χ3n) is 6.53. The fourth-order valence-corrected chi connectivity index (χ4v) is 4.37. The number of aliphatic hydroxyl groups is 1. The van der Waals surface area contributed by atoms with Crippen LogP contribution in [0.1, 0.15) is 53.8 Å². The molecule has 10 heteroatoms. The minimum absolute atomic E-state index is 0.183. The maximum atomic E-state index is 12.9. The highest BCUT2D eigenvalue weighted by atomic mass is 19.4. The van der Waals surface area contributed by atoms with Crippen LogP contribution in [0.25, 0.3) is 5.70 Å². The van der Waals surface area contributed by atoms with Crippen LogP contribution >= 0.6 is 0 Å². The first-order valence-corrected chi connectivity index (χ1v) is 11.0. The lowest BCUT2D eigenvalue weighted by Crippen LogP contribution is -2.33. The van der Waals surface area contributed by atoms with Crippen molar-refractivity contribution in [1.29, 1.82) is 5.26 Å². The molecule has 7 nitrogen and oxygen atoms in total. The van der Waals surface area contributed by atoms with Crippen LogP contribution < -0.4 is 5.32 Å². The summed E-state index contributed by atoms with van der Waals surface area (Å²) in [6.07, 6.45) is 4.04. The summed E-state index contributed by atoms with van der Waals surface area (Å²) in [7, 11) is 0. The number of hydrogen-bond donors (Lipinski definition) is 2. The van der Waals surface area contributed by atoms with E-state index in [1.54, 1.807) is 19.1 Å². The van der Waals surface area contributed by atoms with Crippen LogP contribution in [0.15, 0.2) is 42.8 Å². The minimum atomic E-state index is -4.29. The molecule has 2 aromatic heterocycles. The number of hydrogen-bond acceptors (Lipinski definition) is 5. The number of alkyl halides is 3. The average Bonchev–Trinajstić information content (AvgIpc) is 3.21. The van der Waals surface area contributed by atoms with Crippen LogP contribution in [-0.4, -0.2) is 38.1 Å². The molecule has 1 unspecified atom stereocenters. The zero-order valence-corrected chi connectivity index (χ0v) is 18.5. The van der Waals surface area contributed by atoms with Crippen molar-refractivity contribution >= 4 is 17.3 Å². The number of allylic oxidation sites excluding steroid dienone is 4. The Balaban J connectivity index is 1.45. The molecule has 1 fully saturated rings. The third-order valence-corrected chi connectivity index (χ3v) is 6.53. The summed E-state index contributed by atoms with van der Waals surface area (Å²) in [6, 6.07) is 5.73. The first-order valence-electron chi connectivity index (χ1n) is 11.0. The molecule has 0 saturated heterocycles. The molecule has 2 heterocycles. The van der Waals surface area contributed by atoms with Gasteiger partial charge in [0.25, 0.3) is 5.91 Å². The Kier molecular flexibility index (Phi) is 6.32. The fraction of sp³-hybridized carbons (Fsp3) is 0.417. The van der Waals surface area contributed by atoms with Crippen LogP contribution in [0.4, 0.5) is 18.9 Å². The standard InChI is InChI=1S/C24H24F3N5O2/c1-15-20(13-30-32(15)18-5-2-16(3-6-18)24(25,26)27)22(34)31-17-4-7-21(29-12-17)23(14-28)10-8-19(33)9-11-23/h2,4-7,12-13,16,19,33H,3,8-11H2,1H3,(H,31,34). The first-order chi connectivity index (χ1) is 16.1. The summed E-state index contributed by atoms with van der Waals surface area (Å²) < 4.78 is 40.0. The van der Waals surface area contributed by atoms with Crippen molar-refractivity contribution in [1.82, 2.24) is 14.8 Å². The molecule has 0 spiro atoms. The Morgan fingerprint density at radius 2 is 2.03 bits per heavy atom. The Morgan fingerprint density at radius 3 is 2.59 bits per heavy atom. The van der Waals surface area contributed by atoms with Gasteiger partial charge in [-0.05, 0) is 57.2 Å². The van der Waals surface area contributed by atoms with Gasteiger partial charge in [-0.15, -0.1) is 0 Å². The molecule has 2 aliphatic rings. The molecule has 2 N–H and O–H groups in total. The second kappa shape index (κ2) is 9.06.